The summed E-state index contributed by atoms with van der Waals surface area (Å²) in [6, 6.07) is 8.51. The minimum Gasteiger partial charge on any atom is -0.355 e. The van der Waals surface area contributed by atoms with Crippen LogP contribution in [-0.2, 0) is 0 Å². The van der Waals surface area contributed by atoms with Crippen LogP contribution in [0.25, 0.3) is 0 Å². The van der Waals surface area contributed by atoms with E-state index in [9.17, 15) is 4.79 Å². The molecule has 1 N–H and O–H groups in total. The maximum atomic E-state index is 12.7. The minimum absolute atomic E-state index is 0.0283. The predicted octanol–water partition coefficient (Wildman–Crippen LogP) is 3.69. The van der Waals surface area contributed by atoms with Gasteiger partial charge in [-0.1, -0.05) is 29.8 Å². The molecule has 1 saturated carbocycles. The van der Waals surface area contributed by atoms with Gasteiger partial charge in [0.15, 0.2) is 0 Å². The summed E-state index contributed by atoms with van der Waals surface area (Å²) in [5.74, 6) is 1.35. The van der Waals surface area contributed by atoms with Crippen LogP contribution in [0.4, 0.5) is 10.6 Å². The molecule has 6 nitrogen and oxygen atoms in total. The Kier molecular flexibility index (Phi) is 5.67. The lowest BCUT2D eigenvalue weighted by Crippen LogP contribution is -2.53. The van der Waals surface area contributed by atoms with Gasteiger partial charge in [-0.3, -0.25) is 4.98 Å². The highest BCUT2D eigenvalue weighted by atomic mass is 35.5. The molecule has 1 aromatic heterocycles. The van der Waals surface area contributed by atoms with Crippen molar-refractivity contribution in [3.05, 3.63) is 53.4 Å². The topological polar surface area (TPSA) is 61.4 Å². The van der Waals surface area contributed by atoms with Gasteiger partial charge >= 0.3 is 6.03 Å². The number of hydrogen-bond acceptors (Lipinski definition) is 4. The zero-order valence-corrected chi connectivity index (χ0v) is 16.8. The van der Waals surface area contributed by atoms with Crippen molar-refractivity contribution in [2.24, 2.45) is 0 Å². The highest BCUT2D eigenvalue weighted by Gasteiger charge is 2.34. The summed E-state index contributed by atoms with van der Waals surface area (Å²) in [5.41, 5.74) is 1.19. The second-order valence-electron chi connectivity index (χ2n) is 7.73. The van der Waals surface area contributed by atoms with E-state index in [4.69, 9.17) is 11.6 Å². The molecular weight excluding hydrogens is 374 g/mol. The molecule has 1 aliphatic heterocycles. The highest BCUT2D eigenvalue weighted by Crippen LogP contribution is 2.40. The number of halogens is 1. The summed E-state index contributed by atoms with van der Waals surface area (Å²) in [4.78, 5) is 25.3. The Labute approximate surface area is 170 Å². The van der Waals surface area contributed by atoms with Crippen LogP contribution in [0.3, 0.4) is 0 Å². The maximum absolute atomic E-state index is 12.7. The van der Waals surface area contributed by atoms with Gasteiger partial charge in [0.25, 0.3) is 0 Å². The lowest BCUT2D eigenvalue weighted by atomic mass is 9.76. The molecular formula is C21H26ClN5O. The molecule has 148 valence electrons. The van der Waals surface area contributed by atoms with Gasteiger partial charge in [-0.25, -0.2) is 9.78 Å². The van der Waals surface area contributed by atoms with Gasteiger partial charge in [0.2, 0.25) is 0 Å². The fourth-order valence-electron chi connectivity index (χ4n) is 4.17. The summed E-state index contributed by atoms with van der Waals surface area (Å²) >= 11 is 6.29. The number of amides is 2. The lowest BCUT2D eigenvalue weighted by molar-refractivity contribution is 0.166. The molecule has 2 amide bonds. The van der Waals surface area contributed by atoms with E-state index in [0.29, 0.717) is 5.92 Å². The number of carbonyl (C=O) groups excluding carboxylic acids is 1. The van der Waals surface area contributed by atoms with E-state index < -0.39 is 0 Å². The fourth-order valence-corrected chi connectivity index (χ4v) is 4.46. The molecule has 0 bridgehead atoms. The highest BCUT2D eigenvalue weighted by molar-refractivity contribution is 6.31. The molecule has 0 spiro atoms. The Balaban J connectivity index is 1.23. The molecule has 0 atom stereocenters. The number of nitrogens with one attached hydrogen (secondary N) is 1. The molecule has 1 aromatic carbocycles. The van der Waals surface area contributed by atoms with Crippen molar-refractivity contribution in [2.45, 2.75) is 43.7 Å². The summed E-state index contributed by atoms with van der Waals surface area (Å²) in [6.45, 7) is 1.78. The first-order valence-electron chi connectivity index (χ1n) is 9.90. The van der Waals surface area contributed by atoms with Crippen LogP contribution in [0.1, 0.15) is 37.2 Å². The van der Waals surface area contributed by atoms with E-state index in [2.05, 4.69) is 26.3 Å². The number of carbonyl (C=O) groups is 1. The first-order valence-corrected chi connectivity index (χ1v) is 10.3. The van der Waals surface area contributed by atoms with E-state index in [1.165, 1.54) is 5.56 Å². The van der Waals surface area contributed by atoms with Crippen molar-refractivity contribution in [3.8, 4) is 0 Å². The third-order valence-electron chi connectivity index (χ3n) is 6.02. The van der Waals surface area contributed by atoms with Gasteiger partial charge in [0, 0.05) is 49.6 Å². The number of urea groups is 1. The molecule has 0 radical (unpaired) electrons. The molecule has 1 saturated heterocycles. The molecule has 4 rings (SSSR count). The van der Waals surface area contributed by atoms with E-state index in [1.54, 1.807) is 18.6 Å². The van der Waals surface area contributed by atoms with Crippen LogP contribution in [0.15, 0.2) is 42.9 Å². The maximum Gasteiger partial charge on any atom is 0.317 e. The molecule has 2 aromatic rings. The Bertz CT molecular complexity index is 803. The van der Waals surface area contributed by atoms with E-state index in [0.717, 1.165) is 49.6 Å². The van der Waals surface area contributed by atoms with Crippen molar-refractivity contribution in [1.82, 2.24) is 20.2 Å². The van der Waals surface area contributed by atoms with Crippen LogP contribution in [0, 0.1) is 0 Å². The largest absolute Gasteiger partial charge is 0.355 e. The van der Waals surface area contributed by atoms with Gasteiger partial charge in [-0.05, 0) is 43.2 Å². The molecule has 1 aliphatic carbocycles. The summed E-state index contributed by atoms with van der Waals surface area (Å²) in [7, 11) is 1.90. The zero-order chi connectivity index (χ0) is 19.5. The number of aromatic nitrogens is 2. The predicted molar refractivity (Wildman–Crippen MR) is 111 cm³/mol. The molecule has 2 aliphatic rings. The monoisotopic (exact) mass is 399 g/mol. The number of piperidine rings is 1. The van der Waals surface area contributed by atoms with Gasteiger partial charge in [-0.2, -0.15) is 0 Å². The van der Waals surface area contributed by atoms with Crippen molar-refractivity contribution in [2.75, 3.05) is 25.0 Å². The van der Waals surface area contributed by atoms with Crippen LogP contribution >= 0.6 is 11.6 Å². The number of benzene rings is 1. The van der Waals surface area contributed by atoms with Gasteiger partial charge in [-0.15, -0.1) is 0 Å². The van der Waals surface area contributed by atoms with Gasteiger partial charge in [0.05, 0.1) is 6.20 Å². The van der Waals surface area contributed by atoms with Crippen molar-refractivity contribution in [1.29, 1.82) is 0 Å². The van der Waals surface area contributed by atoms with Crippen LogP contribution in [0.5, 0.6) is 0 Å². The quantitative estimate of drug-likeness (QED) is 0.851. The molecule has 7 heteroatoms. The van der Waals surface area contributed by atoms with Crippen molar-refractivity contribution in [3.63, 3.8) is 0 Å². The van der Waals surface area contributed by atoms with Crippen LogP contribution in [0.2, 0.25) is 5.02 Å². The first kappa shape index (κ1) is 19.0. The second-order valence-corrected chi connectivity index (χ2v) is 8.14. The fraction of sp³-hybridized carbons (Fsp3) is 0.476. The third kappa shape index (κ3) is 4.07. The van der Waals surface area contributed by atoms with Gasteiger partial charge in [0.1, 0.15) is 5.82 Å². The number of hydrogen-bond donors (Lipinski definition) is 1. The summed E-state index contributed by atoms with van der Waals surface area (Å²) in [6.07, 6.45) is 8.98. The molecule has 0 unspecified atom stereocenters. The van der Waals surface area contributed by atoms with Crippen LogP contribution in [-0.4, -0.2) is 53.1 Å². The first-order chi connectivity index (χ1) is 13.6. The standard InChI is InChI=1S/C21H26ClN5O/c1-26(17-6-10-27(11-7-17)20-14-23-8-9-24-20)21(28)25-16-12-15(13-16)18-4-2-3-5-19(18)22/h2-5,8-9,14-17H,6-7,10-13H2,1H3,(H,25,28). The molecule has 2 fully saturated rings. The third-order valence-corrected chi connectivity index (χ3v) is 6.36. The Morgan fingerprint density at radius 2 is 1.96 bits per heavy atom. The normalized spacial score (nSPS) is 22.4. The lowest BCUT2D eigenvalue weighted by Gasteiger charge is -2.40. The summed E-state index contributed by atoms with van der Waals surface area (Å²) in [5, 5.41) is 4.01. The van der Waals surface area contributed by atoms with Crippen molar-refractivity contribution < 1.29 is 4.79 Å². The molecule has 2 heterocycles. The smallest absolute Gasteiger partial charge is 0.317 e. The Morgan fingerprint density at radius 1 is 1.21 bits per heavy atom. The Hall–Kier alpha value is -2.34. The molecule has 28 heavy (non-hydrogen) atoms. The van der Waals surface area contributed by atoms with Gasteiger partial charge < -0.3 is 15.1 Å². The average molecular weight is 400 g/mol. The number of rotatable bonds is 4. The SMILES string of the molecule is CN(C(=O)NC1CC(c2ccccc2Cl)C1)C1CCN(c2cnccn2)CC1. The Morgan fingerprint density at radius 3 is 2.64 bits per heavy atom. The van der Waals surface area contributed by atoms with E-state index >= 15 is 0 Å². The minimum atomic E-state index is 0.0283. The van der Waals surface area contributed by atoms with Crippen molar-refractivity contribution >= 4 is 23.4 Å². The zero-order valence-electron chi connectivity index (χ0n) is 16.1. The second kappa shape index (κ2) is 8.35. The average Bonchev–Trinajstić information content (AvgIpc) is 2.71. The van der Waals surface area contributed by atoms with Crippen LogP contribution < -0.4 is 10.2 Å². The van der Waals surface area contributed by atoms with E-state index in [1.807, 2.05) is 30.1 Å². The number of anilines is 1. The summed E-state index contributed by atoms with van der Waals surface area (Å²) < 4.78 is 0. The van der Waals surface area contributed by atoms with E-state index in [-0.39, 0.29) is 18.1 Å². The number of nitrogens with zero attached hydrogens (tertiary/aromatic N) is 4.